The van der Waals surface area contributed by atoms with E-state index in [0.717, 1.165) is 17.7 Å². The zero-order valence-electron chi connectivity index (χ0n) is 17.5. The predicted octanol–water partition coefficient (Wildman–Crippen LogP) is 4.70. The largest absolute Gasteiger partial charge is 0.466 e. The van der Waals surface area contributed by atoms with Crippen LogP contribution in [0.5, 0.6) is 5.75 Å². The average Bonchev–Trinajstić information content (AvgIpc) is 2.77. The number of amidine groups is 2. The Kier molecular flexibility index (Phi) is 6.30. The molecule has 1 atom stereocenters. The molecule has 0 aliphatic carbocycles. The number of alkyl halides is 3. The number of anilines is 1. The number of rotatable bonds is 6. The molecule has 1 unspecified atom stereocenters. The van der Waals surface area contributed by atoms with Crippen molar-refractivity contribution in [3.63, 3.8) is 0 Å². The summed E-state index contributed by atoms with van der Waals surface area (Å²) in [4.78, 5) is 21.7. The number of halogens is 3. The number of nitrogens with one attached hydrogen (secondary N) is 2. The Morgan fingerprint density at radius 2 is 1.97 bits per heavy atom. The summed E-state index contributed by atoms with van der Waals surface area (Å²) in [6, 6.07) is 11.9. The summed E-state index contributed by atoms with van der Waals surface area (Å²) in [7, 11) is 0. The molecule has 0 fully saturated rings. The number of carbonyl (C=O) groups excluding carboxylic acids is 1. The number of fused-ring (bicyclic) bond motifs is 2. The first-order valence-electron chi connectivity index (χ1n) is 10.2. The number of ketones is 1. The standard InChI is InChI=1S/C24H21F3N4O2/c1-2-33-21-8-6-15(7-9-21)23-30-18-11-20(32)12-19(29-22(13-18)31-23)14-28-17-5-3-4-16(10-17)24(25,26)27/h2-10,12,18,28H,1,11,13-14H2,(H,29,30,31). The Bertz CT molecular complexity index is 1150. The van der Waals surface area contributed by atoms with Gasteiger partial charge in [0.05, 0.1) is 24.4 Å². The molecule has 33 heavy (non-hydrogen) atoms. The number of allylic oxidation sites excluding steroid dienone is 1. The average molecular weight is 454 g/mol. The Morgan fingerprint density at radius 1 is 1.18 bits per heavy atom. The Balaban J connectivity index is 1.50. The van der Waals surface area contributed by atoms with Crippen LogP contribution in [0.25, 0.3) is 0 Å². The van der Waals surface area contributed by atoms with Crippen molar-refractivity contribution in [2.45, 2.75) is 25.1 Å². The Morgan fingerprint density at radius 3 is 2.70 bits per heavy atom. The van der Waals surface area contributed by atoms with Gasteiger partial charge in [0.1, 0.15) is 11.6 Å². The molecule has 0 saturated heterocycles. The van der Waals surface area contributed by atoms with Gasteiger partial charge in [-0.3, -0.25) is 9.79 Å². The lowest BCUT2D eigenvalue weighted by atomic mass is 10.0. The SMILES string of the molecule is C=COc1ccc(C2=NC3CC(=O)C=C(CNc4cccc(C(F)(F)F)c4)NC(=N2)C3)cc1. The second-order valence-corrected chi connectivity index (χ2v) is 7.58. The minimum atomic E-state index is -4.43. The molecular formula is C24H21F3N4O2. The number of nitrogens with zero attached hydrogens (tertiary/aromatic N) is 2. The molecule has 2 aromatic rings. The number of benzene rings is 2. The lowest BCUT2D eigenvalue weighted by molar-refractivity contribution is -0.137. The molecule has 0 saturated carbocycles. The number of aliphatic imine (C=N–C) groups is 2. The first-order valence-corrected chi connectivity index (χ1v) is 10.2. The fourth-order valence-corrected chi connectivity index (χ4v) is 3.56. The van der Waals surface area contributed by atoms with Gasteiger partial charge in [0.2, 0.25) is 0 Å². The van der Waals surface area contributed by atoms with Gasteiger partial charge in [-0.05, 0) is 42.5 Å². The van der Waals surface area contributed by atoms with Crippen LogP contribution in [0, 0.1) is 0 Å². The Hall–Kier alpha value is -3.88. The van der Waals surface area contributed by atoms with Crippen molar-refractivity contribution >= 4 is 23.1 Å². The monoisotopic (exact) mass is 454 g/mol. The summed E-state index contributed by atoms with van der Waals surface area (Å²) in [6.07, 6.45) is -0.960. The van der Waals surface area contributed by atoms with E-state index < -0.39 is 11.7 Å². The second kappa shape index (κ2) is 9.32. The van der Waals surface area contributed by atoms with E-state index in [1.165, 1.54) is 18.4 Å². The third kappa shape index (κ3) is 5.68. The highest BCUT2D eigenvalue weighted by Crippen LogP contribution is 2.30. The summed E-state index contributed by atoms with van der Waals surface area (Å²) in [5, 5.41) is 6.09. The number of hydrogen-bond acceptors (Lipinski definition) is 6. The molecule has 2 N–H and O–H groups in total. The second-order valence-electron chi connectivity index (χ2n) is 7.58. The zero-order chi connectivity index (χ0) is 23.4. The summed E-state index contributed by atoms with van der Waals surface area (Å²) >= 11 is 0. The normalized spacial score (nSPS) is 18.1. The van der Waals surface area contributed by atoms with Gasteiger partial charge in [-0.25, -0.2) is 4.99 Å². The van der Waals surface area contributed by atoms with Gasteiger partial charge < -0.3 is 15.4 Å². The van der Waals surface area contributed by atoms with Crippen LogP contribution in [-0.4, -0.2) is 30.0 Å². The van der Waals surface area contributed by atoms with Crippen molar-refractivity contribution in [3.8, 4) is 5.75 Å². The molecule has 2 aliphatic rings. The van der Waals surface area contributed by atoms with E-state index in [0.29, 0.717) is 35.2 Å². The molecule has 2 aliphatic heterocycles. The van der Waals surface area contributed by atoms with Crippen LogP contribution in [0.15, 0.2) is 83.1 Å². The van der Waals surface area contributed by atoms with Gasteiger partial charge in [0, 0.05) is 35.9 Å². The van der Waals surface area contributed by atoms with Crippen molar-refractivity contribution in [1.82, 2.24) is 5.32 Å². The first-order chi connectivity index (χ1) is 15.8. The Labute approximate surface area is 188 Å². The minimum Gasteiger partial charge on any atom is -0.466 e. The highest BCUT2D eigenvalue weighted by Gasteiger charge is 2.30. The van der Waals surface area contributed by atoms with Crippen molar-refractivity contribution in [2.24, 2.45) is 9.98 Å². The topological polar surface area (TPSA) is 75.1 Å². The molecule has 6 nitrogen and oxygen atoms in total. The molecule has 2 heterocycles. The number of carbonyl (C=O) groups is 1. The zero-order valence-corrected chi connectivity index (χ0v) is 17.5. The van der Waals surface area contributed by atoms with Crippen LogP contribution in [0.1, 0.15) is 24.0 Å². The molecule has 0 amide bonds. The maximum atomic E-state index is 13.0. The van der Waals surface area contributed by atoms with Crippen LogP contribution in [-0.2, 0) is 11.0 Å². The summed E-state index contributed by atoms with van der Waals surface area (Å²) in [6.45, 7) is 3.66. The molecule has 2 aromatic carbocycles. The fourth-order valence-electron chi connectivity index (χ4n) is 3.56. The maximum absolute atomic E-state index is 13.0. The minimum absolute atomic E-state index is 0.118. The van der Waals surface area contributed by atoms with Crippen LogP contribution in [0.2, 0.25) is 0 Å². The van der Waals surface area contributed by atoms with Crippen molar-refractivity contribution < 1.29 is 22.7 Å². The predicted molar refractivity (Wildman–Crippen MR) is 120 cm³/mol. The van der Waals surface area contributed by atoms with Gasteiger partial charge in [-0.2, -0.15) is 13.2 Å². The number of ether oxygens (including phenoxy) is 1. The molecular weight excluding hydrogens is 433 g/mol. The molecule has 4 rings (SSSR count). The van der Waals surface area contributed by atoms with Gasteiger partial charge >= 0.3 is 6.18 Å². The van der Waals surface area contributed by atoms with Crippen molar-refractivity contribution in [3.05, 3.63) is 84.3 Å². The lowest BCUT2D eigenvalue weighted by Crippen LogP contribution is -2.36. The molecule has 170 valence electrons. The smallest absolute Gasteiger partial charge is 0.416 e. The lowest BCUT2D eigenvalue weighted by Gasteiger charge is -2.24. The fraction of sp³-hybridized carbons (Fsp3) is 0.208. The van der Waals surface area contributed by atoms with Gasteiger partial charge in [-0.1, -0.05) is 12.6 Å². The van der Waals surface area contributed by atoms with Crippen molar-refractivity contribution in [1.29, 1.82) is 0 Å². The highest BCUT2D eigenvalue weighted by molar-refractivity contribution is 6.09. The number of hydrogen-bond donors (Lipinski definition) is 2. The van der Waals surface area contributed by atoms with Crippen LogP contribution >= 0.6 is 0 Å². The summed E-state index contributed by atoms with van der Waals surface area (Å²) < 4.78 is 44.1. The summed E-state index contributed by atoms with van der Waals surface area (Å²) in [5.41, 5.74) is 0.851. The quantitative estimate of drug-likeness (QED) is 0.621. The maximum Gasteiger partial charge on any atom is 0.416 e. The molecule has 0 radical (unpaired) electrons. The molecule has 9 heteroatoms. The van der Waals surface area contributed by atoms with E-state index in [4.69, 9.17) is 4.74 Å². The van der Waals surface area contributed by atoms with E-state index in [9.17, 15) is 18.0 Å². The van der Waals surface area contributed by atoms with E-state index in [-0.39, 0.29) is 24.8 Å². The highest BCUT2D eigenvalue weighted by atomic mass is 19.4. The van der Waals surface area contributed by atoms with Crippen molar-refractivity contribution in [2.75, 3.05) is 11.9 Å². The molecule has 2 bridgehead atoms. The van der Waals surface area contributed by atoms with E-state index >= 15 is 0 Å². The van der Waals surface area contributed by atoms with Crippen LogP contribution < -0.4 is 15.4 Å². The third-order valence-electron chi connectivity index (χ3n) is 5.06. The van der Waals surface area contributed by atoms with E-state index in [1.807, 2.05) is 12.1 Å². The van der Waals surface area contributed by atoms with Crippen LogP contribution in [0.4, 0.5) is 18.9 Å². The van der Waals surface area contributed by atoms with E-state index in [2.05, 4.69) is 27.2 Å². The summed E-state index contributed by atoms with van der Waals surface area (Å²) in [5.74, 6) is 1.65. The third-order valence-corrected chi connectivity index (χ3v) is 5.06. The van der Waals surface area contributed by atoms with Gasteiger partial charge in [-0.15, -0.1) is 0 Å². The molecule has 0 spiro atoms. The first kappa shape index (κ1) is 22.3. The molecule has 0 aromatic heterocycles. The van der Waals surface area contributed by atoms with E-state index in [1.54, 1.807) is 18.2 Å². The van der Waals surface area contributed by atoms with Gasteiger partial charge in [0.15, 0.2) is 11.6 Å². The van der Waals surface area contributed by atoms with Gasteiger partial charge in [0.25, 0.3) is 0 Å². The van der Waals surface area contributed by atoms with Crippen LogP contribution in [0.3, 0.4) is 0 Å².